The molecule has 0 fully saturated rings. The van der Waals surface area contributed by atoms with E-state index in [1.54, 1.807) is 6.07 Å². The topological polar surface area (TPSA) is 75.7 Å². The van der Waals surface area contributed by atoms with E-state index in [0.717, 1.165) is 16.3 Å². The van der Waals surface area contributed by atoms with Crippen LogP contribution in [0.2, 0.25) is 5.02 Å². The van der Waals surface area contributed by atoms with E-state index >= 15 is 0 Å². The van der Waals surface area contributed by atoms with Crippen LogP contribution in [0.25, 0.3) is 0 Å². The van der Waals surface area contributed by atoms with Gasteiger partial charge in [0.05, 0.1) is 13.7 Å². The number of sulfonamides is 1. The van der Waals surface area contributed by atoms with Gasteiger partial charge in [0, 0.05) is 17.6 Å². The van der Waals surface area contributed by atoms with E-state index in [9.17, 15) is 13.2 Å². The molecule has 2 aromatic rings. The molecular formula is C20H25ClN2O4S. The van der Waals surface area contributed by atoms with Gasteiger partial charge in [0.25, 0.3) is 0 Å². The molecule has 0 aromatic heterocycles. The highest BCUT2D eigenvalue weighted by molar-refractivity contribution is 7.89. The third kappa shape index (κ3) is 5.70. The first-order valence-electron chi connectivity index (χ1n) is 8.95. The lowest BCUT2D eigenvalue weighted by molar-refractivity contribution is -0.122. The van der Waals surface area contributed by atoms with Crippen molar-refractivity contribution in [3.05, 3.63) is 59.1 Å². The maximum atomic E-state index is 13.4. The van der Waals surface area contributed by atoms with Crippen molar-refractivity contribution in [3.8, 4) is 5.75 Å². The van der Waals surface area contributed by atoms with Crippen LogP contribution < -0.4 is 10.1 Å². The molecule has 1 atom stereocenters. The van der Waals surface area contributed by atoms with Gasteiger partial charge in [-0.25, -0.2) is 8.42 Å². The number of amides is 1. The minimum atomic E-state index is -4.04. The largest absolute Gasteiger partial charge is 0.495 e. The Morgan fingerprint density at radius 2 is 1.89 bits per heavy atom. The predicted octanol–water partition coefficient (Wildman–Crippen LogP) is 3.45. The van der Waals surface area contributed by atoms with Crippen LogP contribution in [0.4, 0.5) is 0 Å². The van der Waals surface area contributed by atoms with Gasteiger partial charge < -0.3 is 10.1 Å². The average molecular weight is 425 g/mol. The summed E-state index contributed by atoms with van der Waals surface area (Å²) in [5.41, 5.74) is 0.767. The standard InChI is InChI=1S/C20H25ClN2O4S/c1-4-15(2)22-20(24)14-23(13-16-8-6-5-7-9-16)28(25,26)19-12-17(21)10-11-18(19)27-3/h5-12,15H,4,13-14H2,1-3H3,(H,22,24)/t15-/m1/s1. The fraction of sp³-hybridized carbons (Fsp3) is 0.350. The number of nitrogens with one attached hydrogen (secondary N) is 1. The number of nitrogens with zero attached hydrogens (tertiary/aromatic N) is 1. The van der Waals surface area contributed by atoms with Crippen molar-refractivity contribution < 1.29 is 17.9 Å². The van der Waals surface area contributed by atoms with Gasteiger partial charge in [-0.2, -0.15) is 4.31 Å². The van der Waals surface area contributed by atoms with E-state index in [-0.39, 0.29) is 40.7 Å². The van der Waals surface area contributed by atoms with Crippen LogP contribution >= 0.6 is 11.6 Å². The first kappa shape index (κ1) is 22.2. The lowest BCUT2D eigenvalue weighted by Crippen LogP contribution is -2.43. The molecule has 1 amide bonds. The summed E-state index contributed by atoms with van der Waals surface area (Å²) in [6.07, 6.45) is 0.749. The number of hydrogen-bond donors (Lipinski definition) is 1. The minimum absolute atomic E-state index is 0.0468. The smallest absolute Gasteiger partial charge is 0.247 e. The second-order valence-electron chi connectivity index (χ2n) is 6.43. The zero-order valence-corrected chi connectivity index (χ0v) is 17.8. The summed E-state index contributed by atoms with van der Waals surface area (Å²) in [6, 6.07) is 13.4. The van der Waals surface area contributed by atoms with E-state index in [2.05, 4.69) is 5.32 Å². The van der Waals surface area contributed by atoms with Gasteiger partial charge >= 0.3 is 0 Å². The molecule has 0 saturated heterocycles. The number of benzene rings is 2. The Kier molecular flexibility index (Phi) is 7.86. The van der Waals surface area contributed by atoms with E-state index < -0.39 is 10.0 Å². The second kappa shape index (κ2) is 9.91. The van der Waals surface area contributed by atoms with Crippen molar-refractivity contribution >= 4 is 27.5 Å². The number of rotatable bonds is 9. The number of halogens is 1. The van der Waals surface area contributed by atoms with E-state index in [1.807, 2.05) is 44.2 Å². The first-order valence-corrected chi connectivity index (χ1v) is 10.8. The maximum Gasteiger partial charge on any atom is 0.247 e. The highest BCUT2D eigenvalue weighted by Gasteiger charge is 2.30. The summed E-state index contributed by atoms with van der Waals surface area (Å²) in [6.45, 7) is 3.55. The zero-order valence-electron chi connectivity index (χ0n) is 16.2. The second-order valence-corrected chi connectivity index (χ2v) is 8.77. The lowest BCUT2D eigenvalue weighted by atomic mass is 10.2. The van der Waals surface area contributed by atoms with E-state index in [1.165, 1.54) is 19.2 Å². The van der Waals surface area contributed by atoms with Crippen molar-refractivity contribution in [1.82, 2.24) is 9.62 Å². The Hall–Kier alpha value is -2.09. The molecule has 2 aromatic carbocycles. The quantitative estimate of drug-likeness (QED) is 0.668. The number of carbonyl (C=O) groups excluding carboxylic acids is 1. The highest BCUT2D eigenvalue weighted by atomic mass is 35.5. The average Bonchev–Trinajstić information content (AvgIpc) is 2.68. The third-order valence-corrected chi connectivity index (χ3v) is 6.33. The van der Waals surface area contributed by atoms with Gasteiger partial charge in [-0.05, 0) is 37.1 Å². The molecule has 0 aliphatic heterocycles. The molecule has 0 aliphatic rings. The molecule has 0 unspecified atom stereocenters. The fourth-order valence-corrected chi connectivity index (χ4v) is 4.39. The summed E-state index contributed by atoms with van der Waals surface area (Å²) < 4.78 is 33.1. The van der Waals surface area contributed by atoms with Crippen molar-refractivity contribution in [1.29, 1.82) is 0 Å². The third-order valence-electron chi connectivity index (χ3n) is 4.28. The first-order chi connectivity index (χ1) is 13.3. The fourth-order valence-electron chi connectivity index (χ4n) is 2.59. The number of carbonyl (C=O) groups is 1. The molecule has 0 saturated carbocycles. The van der Waals surface area contributed by atoms with E-state index in [0.29, 0.717) is 0 Å². The van der Waals surface area contributed by atoms with Gasteiger partial charge in [0.15, 0.2) is 0 Å². The van der Waals surface area contributed by atoms with Crippen LogP contribution in [0.5, 0.6) is 5.75 Å². The molecule has 0 bridgehead atoms. The summed E-state index contributed by atoms with van der Waals surface area (Å²) >= 11 is 6.02. The Morgan fingerprint density at radius 1 is 1.21 bits per heavy atom. The van der Waals surface area contributed by atoms with Gasteiger partial charge in [-0.1, -0.05) is 48.9 Å². The lowest BCUT2D eigenvalue weighted by Gasteiger charge is -2.24. The van der Waals surface area contributed by atoms with Gasteiger partial charge in [0.1, 0.15) is 10.6 Å². The molecule has 152 valence electrons. The van der Waals surface area contributed by atoms with Crippen LogP contribution in [0, 0.1) is 0 Å². The highest BCUT2D eigenvalue weighted by Crippen LogP contribution is 2.30. The molecular weight excluding hydrogens is 400 g/mol. The molecule has 1 N–H and O–H groups in total. The van der Waals surface area contributed by atoms with Crippen LogP contribution in [0.15, 0.2) is 53.4 Å². The Bertz CT molecular complexity index is 904. The Morgan fingerprint density at radius 3 is 2.50 bits per heavy atom. The maximum absolute atomic E-state index is 13.4. The summed E-state index contributed by atoms with van der Waals surface area (Å²) in [7, 11) is -2.65. The SMILES string of the molecule is CC[C@@H](C)NC(=O)CN(Cc1ccccc1)S(=O)(=O)c1cc(Cl)ccc1OC. The van der Waals surface area contributed by atoms with Gasteiger partial charge in [-0.15, -0.1) is 0 Å². The van der Waals surface area contributed by atoms with Crippen LogP contribution in [-0.4, -0.2) is 38.3 Å². The number of ether oxygens (including phenoxy) is 1. The van der Waals surface area contributed by atoms with Crippen molar-refractivity contribution in [2.45, 2.75) is 37.8 Å². The summed E-state index contributed by atoms with van der Waals surface area (Å²) in [4.78, 5) is 12.4. The van der Waals surface area contributed by atoms with Crippen LogP contribution in [-0.2, 0) is 21.4 Å². The molecule has 28 heavy (non-hydrogen) atoms. The number of hydrogen-bond acceptors (Lipinski definition) is 4. The molecule has 8 heteroatoms. The monoisotopic (exact) mass is 424 g/mol. The van der Waals surface area contributed by atoms with Crippen molar-refractivity contribution in [2.24, 2.45) is 0 Å². The molecule has 0 spiro atoms. The predicted molar refractivity (Wildman–Crippen MR) is 110 cm³/mol. The minimum Gasteiger partial charge on any atom is -0.495 e. The molecule has 6 nitrogen and oxygen atoms in total. The molecule has 0 aliphatic carbocycles. The van der Waals surface area contributed by atoms with Gasteiger partial charge in [-0.3, -0.25) is 4.79 Å². The Labute approximate surface area is 171 Å². The van der Waals surface area contributed by atoms with Crippen LogP contribution in [0.3, 0.4) is 0 Å². The van der Waals surface area contributed by atoms with Crippen molar-refractivity contribution in [2.75, 3.05) is 13.7 Å². The number of methoxy groups -OCH3 is 1. The summed E-state index contributed by atoms with van der Waals surface area (Å²) in [5, 5.41) is 3.07. The normalized spacial score (nSPS) is 12.6. The molecule has 0 heterocycles. The van der Waals surface area contributed by atoms with Gasteiger partial charge in [0.2, 0.25) is 15.9 Å². The van der Waals surface area contributed by atoms with Crippen molar-refractivity contribution in [3.63, 3.8) is 0 Å². The van der Waals surface area contributed by atoms with E-state index in [4.69, 9.17) is 16.3 Å². The summed E-state index contributed by atoms with van der Waals surface area (Å²) in [5.74, 6) is -0.195. The molecule has 0 radical (unpaired) electrons. The molecule has 2 rings (SSSR count). The zero-order chi connectivity index (χ0) is 20.7. The van der Waals surface area contributed by atoms with Crippen LogP contribution in [0.1, 0.15) is 25.8 Å². The Balaban J connectivity index is 2.41.